The summed E-state index contributed by atoms with van der Waals surface area (Å²) in [6.45, 7) is 3.48. The Balaban J connectivity index is 1.63. The van der Waals surface area contributed by atoms with Crippen molar-refractivity contribution in [3.63, 3.8) is 0 Å². The SMILES string of the molecule is CC(Oc1ccc(C(=O)N2CCNC(=O)CC2)cc1)c1ccccc1. The second-order valence-corrected chi connectivity index (χ2v) is 6.09. The molecule has 1 heterocycles. The Kier molecular flexibility index (Phi) is 5.33. The number of carbonyl (C=O) groups is 2. The van der Waals surface area contributed by atoms with E-state index in [1.807, 2.05) is 49.4 Å². The quantitative estimate of drug-likeness (QED) is 0.932. The van der Waals surface area contributed by atoms with Crippen LogP contribution < -0.4 is 10.1 Å². The van der Waals surface area contributed by atoms with Gasteiger partial charge in [0.05, 0.1) is 0 Å². The van der Waals surface area contributed by atoms with Crippen molar-refractivity contribution in [2.24, 2.45) is 0 Å². The first kappa shape index (κ1) is 17.0. The van der Waals surface area contributed by atoms with E-state index < -0.39 is 0 Å². The summed E-state index contributed by atoms with van der Waals surface area (Å²) in [5.41, 5.74) is 1.71. The van der Waals surface area contributed by atoms with Crippen LogP contribution in [0.5, 0.6) is 5.75 Å². The third kappa shape index (κ3) is 4.38. The lowest BCUT2D eigenvalue weighted by atomic mass is 10.1. The molecule has 1 fully saturated rings. The van der Waals surface area contributed by atoms with Crippen molar-refractivity contribution in [2.75, 3.05) is 19.6 Å². The predicted molar refractivity (Wildman–Crippen MR) is 95.5 cm³/mol. The van der Waals surface area contributed by atoms with Crippen LogP contribution in [0.25, 0.3) is 0 Å². The molecule has 1 unspecified atom stereocenters. The fourth-order valence-corrected chi connectivity index (χ4v) is 2.82. The number of ether oxygens (including phenoxy) is 1. The highest BCUT2D eigenvalue weighted by molar-refractivity contribution is 5.94. The Morgan fingerprint density at radius 3 is 2.52 bits per heavy atom. The van der Waals surface area contributed by atoms with Gasteiger partial charge < -0.3 is 15.0 Å². The number of benzene rings is 2. The Hall–Kier alpha value is -2.82. The molecule has 2 aromatic carbocycles. The molecule has 2 aromatic rings. The number of rotatable bonds is 4. The van der Waals surface area contributed by atoms with Crippen LogP contribution in [-0.4, -0.2) is 36.3 Å². The van der Waals surface area contributed by atoms with Gasteiger partial charge in [-0.2, -0.15) is 0 Å². The average molecular weight is 338 g/mol. The molecule has 25 heavy (non-hydrogen) atoms. The minimum absolute atomic E-state index is 0.00560. The van der Waals surface area contributed by atoms with Crippen molar-refractivity contribution >= 4 is 11.8 Å². The normalized spacial score (nSPS) is 15.9. The zero-order valence-electron chi connectivity index (χ0n) is 14.3. The third-order valence-corrected chi connectivity index (χ3v) is 4.28. The van der Waals surface area contributed by atoms with Crippen LogP contribution in [0.3, 0.4) is 0 Å². The van der Waals surface area contributed by atoms with Gasteiger partial charge in [0.2, 0.25) is 5.91 Å². The summed E-state index contributed by atoms with van der Waals surface area (Å²) in [6, 6.07) is 17.2. The highest BCUT2D eigenvalue weighted by Gasteiger charge is 2.19. The van der Waals surface area contributed by atoms with Crippen molar-refractivity contribution in [3.05, 3.63) is 65.7 Å². The first-order valence-corrected chi connectivity index (χ1v) is 8.51. The number of amides is 2. The molecule has 0 aromatic heterocycles. The zero-order chi connectivity index (χ0) is 17.6. The number of nitrogens with one attached hydrogen (secondary N) is 1. The van der Waals surface area contributed by atoms with Crippen LogP contribution in [0.1, 0.15) is 35.4 Å². The van der Waals surface area contributed by atoms with Crippen molar-refractivity contribution in [3.8, 4) is 5.75 Å². The van der Waals surface area contributed by atoms with E-state index in [4.69, 9.17) is 4.74 Å². The summed E-state index contributed by atoms with van der Waals surface area (Å²) in [4.78, 5) is 25.7. The number of hydrogen-bond donors (Lipinski definition) is 1. The van der Waals surface area contributed by atoms with Crippen molar-refractivity contribution in [1.29, 1.82) is 0 Å². The van der Waals surface area contributed by atoms with Gasteiger partial charge in [-0.15, -0.1) is 0 Å². The molecule has 130 valence electrons. The zero-order valence-corrected chi connectivity index (χ0v) is 14.3. The molecule has 1 N–H and O–H groups in total. The van der Waals surface area contributed by atoms with E-state index in [1.165, 1.54) is 0 Å². The second kappa shape index (κ2) is 7.83. The van der Waals surface area contributed by atoms with Crippen LogP contribution in [0, 0.1) is 0 Å². The molecule has 2 amide bonds. The van der Waals surface area contributed by atoms with Gasteiger partial charge in [0.15, 0.2) is 0 Å². The Bertz CT molecular complexity index is 728. The molecule has 1 saturated heterocycles. The Labute approximate surface area is 147 Å². The third-order valence-electron chi connectivity index (χ3n) is 4.28. The Morgan fingerprint density at radius 2 is 1.80 bits per heavy atom. The van der Waals surface area contributed by atoms with Crippen LogP contribution in [-0.2, 0) is 4.79 Å². The van der Waals surface area contributed by atoms with Gasteiger partial charge >= 0.3 is 0 Å². The molecule has 5 heteroatoms. The van der Waals surface area contributed by atoms with Gasteiger partial charge in [-0.3, -0.25) is 9.59 Å². The monoisotopic (exact) mass is 338 g/mol. The summed E-state index contributed by atoms with van der Waals surface area (Å²) >= 11 is 0. The van der Waals surface area contributed by atoms with Gasteiger partial charge in [-0.25, -0.2) is 0 Å². The summed E-state index contributed by atoms with van der Waals surface area (Å²) < 4.78 is 5.94. The highest BCUT2D eigenvalue weighted by Crippen LogP contribution is 2.22. The largest absolute Gasteiger partial charge is 0.486 e. The minimum Gasteiger partial charge on any atom is -0.486 e. The molecular formula is C20H22N2O3. The molecule has 0 aliphatic carbocycles. The maximum absolute atomic E-state index is 12.6. The molecule has 0 radical (unpaired) electrons. The van der Waals surface area contributed by atoms with E-state index in [9.17, 15) is 9.59 Å². The smallest absolute Gasteiger partial charge is 0.253 e. The lowest BCUT2D eigenvalue weighted by Crippen LogP contribution is -2.34. The summed E-state index contributed by atoms with van der Waals surface area (Å²) in [5, 5.41) is 2.77. The number of carbonyl (C=O) groups excluding carboxylic acids is 2. The molecule has 0 bridgehead atoms. The predicted octanol–water partition coefficient (Wildman–Crippen LogP) is 2.79. The summed E-state index contributed by atoms with van der Waals surface area (Å²) in [7, 11) is 0. The van der Waals surface area contributed by atoms with E-state index in [0.29, 0.717) is 31.6 Å². The van der Waals surface area contributed by atoms with Crippen LogP contribution in [0.15, 0.2) is 54.6 Å². The molecule has 3 rings (SSSR count). The van der Waals surface area contributed by atoms with E-state index in [2.05, 4.69) is 5.32 Å². The maximum Gasteiger partial charge on any atom is 0.253 e. The molecule has 1 aliphatic heterocycles. The fourth-order valence-electron chi connectivity index (χ4n) is 2.82. The molecule has 1 aliphatic rings. The number of nitrogens with zero attached hydrogens (tertiary/aromatic N) is 1. The van der Waals surface area contributed by atoms with Gasteiger partial charge in [0.1, 0.15) is 11.9 Å². The van der Waals surface area contributed by atoms with Crippen LogP contribution in [0.4, 0.5) is 0 Å². The highest BCUT2D eigenvalue weighted by atomic mass is 16.5. The molecule has 0 spiro atoms. The summed E-state index contributed by atoms with van der Waals surface area (Å²) in [5.74, 6) is 0.661. The van der Waals surface area contributed by atoms with Crippen molar-refractivity contribution in [1.82, 2.24) is 10.2 Å². The van der Waals surface area contributed by atoms with E-state index in [-0.39, 0.29) is 17.9 Å². The fraction of sp³-hybridized carbons (Fsp3) is 0.300. The lowest BCUT2D eigenvalue weighted by Gasteiger charge is -2.20. The van der Waals surface area contributed by atoms with Gasteiger partial charge in [0, 0.05) is 31.6 Å². The minimum atomic E-state index is -0.0644. The molecule has 0 saturated carbocycles. The van der Waals surface area contributed by atoms with Crippen LogP contribution >= 0.6 is 0 Å². The first-order chi connectivity index (χ1) is 12.1. The lowest BCUT2D eigenvalue weighted by molar-refractivity contribution is -0.120. The first-order valence-electron chi connectivity index (χ1n) is 8.51. The standard InChI is InChI=1S/C20H22N2O3/c1-15(16-5-3-2-4-6-16)25-18-9-7-17(8-10-18)20(24)22-13-11-19(23)21-12-14-22/h2-10,15H,11-14H2,1H3,(H,21,23). The van der Waals surface area contributed by atoms with Gasteiger partial charge in [-0.1, -0.05) is 30.3 Å². The molecular weight excluding hydrogens is 316 g/mol. The van der Waals surface area contributed by atoms with Gasteiger partial charge in [-0.05, 0) is 36.8 Å². The van der Waals surface area contributed by atoms with Crippen molar-refractivity contribution < 1.29 is 14.3 Å². The van der Waals surface area contributed by atoms with Crippen LogP contribution in [0.2, 0.25) is 0 Å². The van der Waals surface area contributed by atoms with Crippen molar-refractivity contribution in [2.45, 2.75) is 19.4 Å². The number of hydrogen-bond acceptors (Lipinski definition) is 3. The van der Waals surface area contributed by atoms with E-state index in [1.54, 1.807) is 17.0 Å². The van der Waals surface area contributed by atoms with E-state index >= 15 is 0 Å². The maximum atomic E-state index is 12.6. The average Bonchev–Trinajstić information content (AvgIpc) is 2.87. The second-order valence-electron chi connectivity index (χ2n) is 6.09. The van der Waals surface area contributed by atoms with Gasteiger partial charge in [0.25, 0.3) is 5.91 Å². The van der Waals surface area contributed by atoms with E-state index in [0.717, 1.165) is 11.3 Å². The molecule has 1 atom stereocenters. The topological polar surface area (TPSA) is 58.6 Å². The summed E-state index contributed by atoms with van der Waals surface area (Å²) in [6.07, 6.45) is 0.284. The molecule has 5 nitrogen and oxygen atoms in total. The Morgan fingerprint density at radius 1 is 1.08 bits per heavy atom.